The number of unbranched alkanes of at least 4 members (excludes halogenated alkanes) is 3. The van der Waals surface area contributed by atoms with Crippen molar-refractivity contribution in [2.24, 2.45) is 11.3 Å². The Hall–Kier alpha value is -3.50. The van der Waals surface area contributed by atoms with Crippen LogP contribution in [0, 0.1) is 11.3 Å². The Balaban J connectivity index is 1.47. The highest BCUT2D eigenvalue weighted by Crippen LogP contribution is 2.40. The lowest BCUT2D eigenvalue weighted by molar-refractivity contribution is -0.158. The molecule has 0 spiro atoms. The molecule has 2 aromatic rings. The van der Waals surface area contributed by atoms with Crippen LogP contribution in [0.25, 0.3) is 0 Å². The number of rotatable bonds is 18. The van der Waals surface area contributed by atoms with Gasteiger partial charge in [-0.3, -0.25) is 24.0 Å². The summed E-state index contributed by atoms with van der Waals surface area (Å²) in [4.78, 5) is 63.6. The zero-order valence-corrected chi connectivity index (χ0v) is 29.7. The lowest BCUT2D eigenvalue weighted by Gasteiger charge is -2.29. The van der Waals surface area contributed by atoms with Crippen molar-refractivity contribution in [2.75, 3.05) is 11.1 Å². The van der Waals surface area contributed by atoms with Gasteiger partial charge in [-0.25, -0.2) is 0 Å². The van der Waals surface area contributed by atoms with Crippen LogP contribution in [0.4, 0.5) is 5.69 Å². The molecule has 2 N–H and O–H groups in total. The Labute approximate surface area is 288 Å². The zero-order chi connectivity index (χ0) is 35.3. The van der Waals surface area contributed by atoms with Gasteiger partial charge in [-0.1, -0.05) is 44.4 Å². The van der Waals surface area contributed by atoms with E-state index in [4.69, 9.17) is 9.47 Å². The summed E-state index contributed by atoms with van der Waals surface area (Å²) in [7, 11) is 0. The molecule has 3 rings (SSSR count). The summed E-state index contributed by atoms with van der Waals surface area (Å²) < 4.78 is 11.2. The highest BCUT2D eigenvalue weighted by molar-refractivity contribution is 8.00. The molecule has 1 aliphatic carbocycles. The summed E-state index contributed by atoms with van der Waals surface area (Å²) in [6.45, 7) is 9.17. The molecular weight excluding hydrogens is 630 g/mol. The summed E-state index contributed by atoms with van der Waals surface area (Å²) in [6.07, 6.45) is 4.28. The quantitative estimate of drug-likeness (QED) is 0.0941. The second kappa shape index (κ2) is 18.3. The maximum Gasteiger partial charge on any atom is 0.311 e. The van der Waals surface area contributed by atoms with Crippen molar-refractivity contribution in [3.63, 3.8) is 0 Å². The van der Waals surface area contributed by atoms with Gasteiger partial charge in [0.25, 0.3) is 5.91 Å². The van der Waals surface area contributed by atoms with E-state index in [9.17, 15) is 29.1 Å². The van der Waals surface area contributed by atoms with Crippen molar-refractivity contribution in [1.82, 2.24) is 0 Å². The first-order valence-electron chi connectivity index (χ1n) is 16.9. The van der Waals surface area contributed by atoms with Crippen molar-refractivity contribution < 1.29 is 38.6 Å². The predicted molar refractivity (Wildman–Crippen MR) is 188 cm³/mol. The summed E-state index contributed by atoms with van der Waals surface area (Å²) in [5, 5.41) is 13.3. The molecule has 0 bridgehead atoms. The molecule has 0 aromatic heterocycles. The number of aliphatic hydroxyl groups is 1. The first-order chi connectivity index (χ1) is 22.7. The molecule has 2 aromatic carbocycles. The van der Waals surface area contributed by atoms with E-state index in [0.717, 1.165) is 19.3 Å². The number of anilines is 1. The molecule has 1 fully saturated rings. The van der Waals surface area contributed by atoms with Crippen molar-refractivity contribution in [1.29, 1.82) is 0 Å². The number of hydrogen-bond donors (Lipinski definition) is 2. The van der Waals surface area contributed by atoms with Crippen LogP contribution < -0.4 is 10.1 Å². The number of ketones is 2. The van der Waals surface area contributed by atoms with Crippen molar-refractivity contribution in [3.05, 3.63) is 60.2 Å². The number of benzene rings is 2. The van der Waals surface area contributed by atoms with Gasteiger partial charge >= 0.3 is 11.9 Å². The largest absolute Gasteiger partial charge is 0.460 e. The van der Waals surface area contributed by atoms with Crippen molar-refractivity contribution in [2.45, 2.75) is 116 Å². The number of hydrogen-bond acceptors (Lipinski definition) is 9. The van der Waals surface area contributed by atoms with E-state index in [-0.39, 0.29) is 43.2 Å². The lowest BCUT2D eigenvalue weighted by atomic mass is 9.96. The topological polar surface area (TPSA) is 136 Å². The molecule has 0 radical (unpaired) electrons. The highest BCUT2D eigenvalue weighted by Gasteiger charge is 2.47. The molecule has 9 nitrogen and oxygen atoms in total. The van der Waals surface area contributed by atoms with Gasteiger partial charge < -0.3 is 19.9 Å². The molecular formula is C38H51NO8S. The average molecular weight is 682 g/mol. The molecule has 10 heteroatoms. The number of carbonyl (C=O) groups excluding carboxylic acids is 5. The van der Waals surface area contributed by atoms with Gasteiger partial charge in [0, 0.05) is 48.6 Å². The van der Waals surface area contributed by atoms with Crippen LogP contribution in [0.3, 0.4) is 0 Å². The van der Waals surface area contributed by atoms with E-state index < -0.39 is 40.2 Å². The SMILES string of the molecule is CCCCCC(C)(O)CS[C@H]1[C@H](OC(=O)C(C)(C)C)CC(=O)[C@@H]1CC(=O)CCCCC(=O)Oc1ccc(NC(=O)c2ccccc2)cc1. The molecule has 0 heterocycles. The number of ether oxygens (including phenoxy) is 2. The summed E-state index contributed by atoms with van der Waals surface area (Å²) >= 11 is 1.42. The predicted octanol–water partition coefficient (Wildman–Crippen LogP) is 7.34. The molecule has 1 unspecified atom stereocenters. The van der Waals surface area contributed by atoms with Crippen LogP contribution in [-0.2, 0) is 23.9 Å². The van der Waals surface area contributed by atoms with Gasteiger partial charge in [-0.05, 0) is 83.4 Å². The smallest absolute Gasteiger partial charge is 0.311 e. The van der Waals surface area contributed by atoms with Crippen LogP contribution in [0.5, 0.6) is 5.75 Å². The van der Waals surface area contributed by atoms with Crippen LogP contribution in [0.2, 0.25) is 0 Å². The normalized spacial score (nSPS) is 19.0. The second-order valence-corrected chi connectivity index (χ2v) is 15.1. The minimum absolute atomic E-state index is 0.0374. The number of amides is 1. The molecule has 1 amide bonds. The van der Waals surface area contributed by atoms with E-state index >= 15 is 0 Å². The first kappa shape index (κ1) is 38.9. The van der Waals surface area contributed by atoms with Gasteiger partial charge in [-0.2, -0.15) is 11.8 Å². The molecule has 262 valence electrons. The fourth-order valence-corrected chi connectivity index (χ4v) is 6.95. The minimum Gasteiger partial charge on any atom is -0.460 e. The third kappa shape index (κ3) is 12.8. The number of Topliss-reactive ketones (excluding diaryl/α,β-unsaturated/α-hetero) is 2. The molecule has 0 saturated heterocycles. The molecule has 4 atom stereocenters. The zero-order valence-electron chi connectivity index (χ0n) is 28.9. The van der Waals surface area contributed by atoms with Crippen LogP contribution in [-0.4, -0.2) is 57.2 Å². The Morgan fingerprint density at radius 2 is 1.58 bits per heavy atom. The third-order valence-corrected chi connectivity index (χ3v) is 10.1. The number of nitrogens with one attached hydrogen (secondary N) is 1. The number of esters is 2. The molecule has 1 saturated carbocycles. The van der Waals surface area contributed by atoms with Gasteiger partial charge in [0.2, 0.25) is 0 Å². The van der Waals surface area contributed by atoms with E-state index in [1.165, 1.54) is 11.8 Å². The minimum atomic E-state index is -0.937. The third-order valence-electron chi connectivity index (χ3n) is 8.27. The van der Waals surface area contributed by atoms with Crippen LogP contribution in [0.1, 0.15) is 109 Å². The fourth-order valence-electron chi connectivity index (χ4n) is 5.41. The summed E-state index contributed by atoms with van der Waals surface area (Å²) in [5.41, 5.74) is -0.566. The first-order valence-corrected chi connectivity index (χ1v) is 18.0. The fraction of sp³-hybridized carbons (Fsp3) is 0.553. The lowest BCUT2D eigenvalue weighted by Crippen LogP contribution is -2.36. The van der Waals surface area contributed by atoms with Gasteiger partial charge in [-0.15, -0.1) is 0 Å². The molecule has 0 aliphatic heterocycles. The summed E-state index contributed by atoms with van der Waals surface area (Å²) in [6, 6.07) is 15.3. The molecule has 1 aliphatic rings. The van der Waals surface area contributed by atoms with E-state index in [1.54, 1.807) is 76.2 Å². The monoisotopic (exact) mass is 681 g/mol. The van der Waals surface area contributed by atoms with E-state index in [0.29, 0.717) is 42.0 Å². The van der Waals surface area contributed by atoms with Gasteiger partial charge in [0.15, 0.2) is 0 Å². The number of thioether (sulfide) groups is 1. The van der Waals surface area contributed by atoms with Crippen molar-refractivity contribution >= 4 is 46.9 Å². The average Bonchev–Trinajstić information content (AvgIpc) is 3.32. The van der Waals surface area contributed by atoms with Crippen LogP contribution >= 0.6 is 11.8 Å². The standard InChI is InChI=1S/C38H51NO8S/c1-6-7-13-22-38(5,45)25-48-34-30(31(41)24-32(34)47-36(44)37(2,3)4)23-28(40)16-11-12-17-33(42)46-29-20-18-27(19-21-29)39-35(43)26-14-9-8-10-15-26/h8-10,14-15,18-21,30,32,34,45H,6-7,11-13,16-17,22-25H2,1-5H3,(H,39,43)/t30-,32+,34+,38?/m0/s1. The maximum atomic E-state index is 13.1. The maximum absolute atomic E-state index is 13.1. The van der Waals surface area contributed by atoms with E-state index in [1.807, 2.05) is 6.07 Å². The Kier molecular flexibility index (Phi) is 14.9. The second-order valence-electron chi connectivity index (χ2n) is 14.0. The Morgan fingerprint density at radius 1 is 0.917 bits per heavy atom. The Bertz CT molecular complexity index is 1380. The van der Waals surface area contributed by atoms with Gasteiger partial charge in [0.05, 0.1) is 16.3 Å². The molecule has 48 heavy (non-hydrogen) atoms. The highest BCUT2D eigenvalue weighted by atomic mass is 32.2. The summed E-state index contributed by atoms with van der Waals surface area (Å²) in [5.74, 6) is -1.14. The number of carbonyl (C=O) groups is 5. The van der Waals surface area contributed by atoms with E-state index in [2.05, 4.69) is 12.2 Å². The van der Waals surface area contributed by atoms with Crippen LogP contribution in [0.15, 0.2) is 54.6 Å². The Morgan fingerprint density at radius 3 is 2.23 bits per heavy atom. The van der Waals surface area contributed by atoms with Crippen molar-refractivity contribution in [3.8, 4) is 5.75 Å². The van der Waals surface area contributed by atoms with Gasteiger partial charge in [0.1, 0.15) is 23.4 Å².